The summed E-state index contributed by atoms with van der Waals surface area (Å²) in [7, 11) is 0. The number of Topliss-reactive ketones (excluding diaryl/α,β-unsaturated/α-hetero) is 1. The van der Waals surface area contributed by atoms with Gasteiger partial charge in [0.15, 0.2) is 0 Å². The first-order valence-electron chi connectivity index (χ1n) is 6.31. The Bertz CT molecular complexity index is 598. The summed E-state index contributed by atoms with van der Waals surface area (Å²) in [6.07, 6.45) is 3.15. The van der Waals surface area contributed by atoms with Gasteiger partial charge in [0.25, 0.3) is 0 Å². The molecule has 0 saturated heterocycles. The molecule has 0 N–H and O–H groups in total. The molecule has 0 bridgehead atoms. The summed E-state index contributed by atoms with van der Waals surface area (Å²) < 4.78 is 0. The Morgan fingerprint density at radius 2 is 1.89 bits per heavy atom. The van der Waals surface area contributed by atoms with Gasteiger partial charge in [-0.3, -0.25) is 4.79 Å². The molecule has 0 unspecified atom stereocenters. The number of hydrogen-bond donors (Lipinski definition) is 0. The molecule has 3 rings (SSSR count). The Labute approximate surface area is 111 Å². The monoisotopic (exact) mass is 259 g/mol. The number of hydrogen-bond acceptors (Lipinski definition) is 2. The van der Waals surface area contributed by atoms with Crippen molar-refractivity contribution in [2.24, 2.45) is 0 Å². The Hall–Kier alpha value is -1.41. The largest absolute Gasteiger partial charge is 0.300 e. The molecular weight excluding hydrogens is 246 g/mol. The fourth-order valence-electron chi connectivity index (χ4n) is 2.65. The quantitative estimate of drug-likeness (QED) is 0.721. The average molecular weight is 260 g/mol. The SMILES string of the molecule is O=C1CCC(c2cc3ccccc3nc2Cl)CC1. The third kappa shape index (κ3) is 2.13. The number of halogens is 1. The maximum absolute atomic E-state index is 11.3. The van der Waals surface area contributed by atoms with Crippen LogP contribution in [-0.2, 0) is 4.79 Å². The fourth-order valence-corrected chi connectivity index (χ4v) is 2.95. The van der Waals surface area contributed by atoms with Gasteiger partial charge < -0.3 is 0 Å². The third-order valence-corrected chi connectivity index (χ3v) is 3.99. The summed E-state index contributed by atoms with van der Waals surface area (Å²) >= 11 is 6.28. The summed E-state index contributed by atoms with van der Waals surface area (Å²) in [6.45, 7) is 0. The van der Waals surface area contributed by atoms with Gasteiger partial charge in [-0.15, -0.1) is 0 Å². The lowest BCUT2D eigenvalue weighted by Gasteiger charge is -2.22. The van der Waals surface area contributed by atoms with E-state index in [0.29, 0.717) is 29.7 Å². The van der Waals surface area contributed by atoms with E-state index < -0.39 is 0 Å². The van der Waals surface area contributed by atoms with E-state index in [-0.39, 0.29) is 0 Å². The molecule has 2 aromatic rings. The lowest BCUT2D eigenvalue weighted by atomic mass is 9.84. The van der Waals surface area contributed by atoms with E-state index in [1.807, 2.05) is 18.2 Å². The minimum atomic E-state index is 0.371. The highest BCUT2D eigenvalue weighted by molar-refractivity contribution is 6.30. The maximum Gasteiger partial charge on any atom is 0.133 e. The Morgan fingerprint density at radius 1 is 1.17 bits per heavy atom. The van der Waals surface area contributed by atoms with Crippen molar-refractivity contribution in [3.8, 4) is 0 Å². The van der Waals surface area contributed by atoms with Crippen molar-refractivity contribution in [3.63, 3.8) is 0 Å². The number of rotatable bonds is 1. The van der Waals surface area contributed by atoms with Crippen molar-refractivity contribution in [2.45, 2.75) is 31.6 Å². The number of benzene rings is 1. The van der Waals surface area contributed by atoms with Crippen LogP contribution in [0.1, 0.15) is 37.2 Å². The second kappa shape index (κ2) is 4.69. The zero-order valence-electron chi connectivity index (χ0n) is 10.0. The molecule has 1 aliphatic carbocycles. The smallest absolute Gasteiger partial charge is 0.133 e. The lowest BCUT2D eigenvalue weighted by molar-refractivity contribution is -0.120. The topological polar surface area (TPSA) is 30.0 Å². The van der Waals surface area contributed by atoms with Gasteiger partial charge in [-0.2, -0.15) is 0 Å². The minimum Gasteiger partial charge on any atom is -0.300 e. The number of ketones is 1. The molecule has 18 heavy (non-hydrogen) atoms. The second-order valence-electron chi connectivity index (χ2n) is 4.87. The van der Waals surface area contributed by atoms with Crippen LogP contribution in [0.15, 0.2) is 30.3 Å². The highest BCUT2D eigenvalue weighted by Gasteiger charge is 2.22. The molecule has 92 valence electrons. The molecular formula is C15H14ClNO. The average Bonchev–Trinajstić information content (AvgIpc) is 2.39. The first-order chi connectivity index (χ1) is 8.74. The van der Waals surface area contributed by atoms with Gasteiger partial charge in [-0.05, 0) is 36.5 Å². The molecule has 1 saturated carbocycles. The van der Waals surface area contributed by atoms with Crippen LogP contribution in [0.5, 0.6) is 0 Å². The van der Waals surface area contributed by atoms with Gasteiger partial charge in [0.2, 0.25) is 0 Å². The van der Waals surface area contributed by atoms with Crippen LogP contribution in [0.2, 0.25) is 5.15 Å². The second-order valence-corrected chi connectivity index (χ2v) is 5.23. The molecule has 0 radical (unpaired) electrons. The molecule has 0 aliphatic heterocycles. The van der Waals surface area contributed by atoms with Crippen molar-refractivity contribution in [3.05, 3.63) is 41.0 Å². The molecule has 3 heteroatoms. The number of carbonyl (C=O) groups excluding carboxylic acids is 1. The Morgan fingerprint density at radius 3 is 2.67 bits per heavy atom. The third-order valence-electron chi connectivity index (χ3n) is 3.69. The zero-order valence-corrected chi connectivity index (χ0v) is 10.8. The van der Waals surface area contributed by atoms with E-state index in [2.05, 4.69) is 17.1 Å². The molecule has 1 aliphatic rings. The first kappa shape index (κ1) is 11.7. The van der Waals surface area contributed by atoms with Crippen LogP contribution in [0, 0.1) is 0 Å². The van der Waals surface area contributed by atoms with Gasteiger partial charge in [0.1, 0.15) is 10.9 Å². The summed E-state index contributed by atoms with van der Waals surface area (Å²) in [4.78, 5) is 15.7. The molecule has 0 amide bonds. The first-order valence-corrected chi connectivity index (χ1v) is 6.69. The molecule has 1 aromatic heterocycles. The molecule has 0 spiro atoms. The number of para-hydroxylation sites is 1. The summed E-state index contributed by atoms with van der Waals surface area (Å²) in [5.74, 6) is 0.753. The summed E-state index contributed by atoms with van der Waals surface area (Å²) in [6, 6.07) is 10.1. The van der Waals surface area contributed by atoms with Crippen molar-refractivity contribution in [1.29, 1.82) is 0 Å². The number of carbonyl (C=O) groups is 1. The van der Waals surface area contributed by atoms with Crippen LogP contribution in [0.25, 0.3) is 10.9 Å². The van der Waals surface area contributed by atoms with Crippen LogP contribution in [-0.4, -0.2) is 10.8 Å². The van der Waals surface area contributed by atoms with Crippen LogP contribution >= 0.6 is 11.6 Å². The van der Waals surface area contributed by atoms with E-state index >= 15 is 0 Å². The van der Waals surface area contributed by atoms with Gasteiger partial charge >= 0.3 is 0 Å². The zero-order chi connectivity index (χ0) is 12.5. The fraction of sp³-hybridized carbons (Fsp3) is 0.333. The van der Waals surface area contributed by atoms with Crippen LogP contribution < -0.4 is 0 Å². The molecule has 1 heterocycles. The Balaban J connectivity index is 2.01. The maximum atomic E-state index is 11.3. The Kier molecular flexibility index (Phi) is 3.04. The standard InChI is InChI=1S/C15H14ClNO/c16-15-13(10-5-7-12(18)8-6-10)9-11-3-1-2-4-14(11)17-15/h1-4,9-10H,5-8H2. The van der Waals surface area contributed by atoms with Crippen LogP contribution in [0.4, 0.5) is 0 Å². The summed E-state index contributed by atoms with van der Waals surface area (Å²) in [5.41, 5.74) is 2.03. The number of pyridine rings is 1. The van der Waals surface area contributed by atoms with Crippen LogP contribution in [0.3, 0.4) is 0 Å². The van der Waals surface area contributed by atoms with E-state index in [1.165, 1.54) is 0 Å². The molecule has 1 fully saturated rings. The van der Waals surface area contributed by atoms with E-state index in [1.54, 1.807) is 0 Å². The minimum absolute atomic E-state index is 0.371. The predicted molar refractivity (Wildman–Crippen MR) is 73.0 cm³/mol. The highest BCUT2D eigenvalue weighted by atomic mass is 35.5. The number of fused-ring (bicyclic) bond motifs is 1. The van der Waals surface area contributed by atoms with Gasteiger partial charge in [-0.1, -0.05) is 29.8 Å². The van der Waals surface area contributed by atoms with Crippen molar-refractivity contribution in [2.75, 3.05) is 0 Å². The van der Waals surface area contributed by atoms with E-state index in [9.17, 15) is 4.79 Å². The molecule has 0 atom stereocenters. The predicted octanol–water partition coefficient (Wildman–Crippen LogP) is 4.11. The van der Waals surface area contributed by atoms with Crippen molar-refractivity contribution < 1.29 is 4.79 Å². The normalized spacial score (nSPS) is 17.3. The van der Waals surface area contributed by atoms with Gasteiger partial charge in [0, 0.05) is 18.2 Å². The summed E-state index contributed by atoms with van der Waals surface area (Å²) in [5, 5.41) is 1.71. The highest BCUT2D eigenvalue weighted by Crippen LogP contribution is 2.35. The molecule has 2 nitrogen and oxygen atoms in total. The number of nitrogens with zero attached hydrogens (tertiary/aromatic N) is 1. The van der Waals surface area contributed by atoms with E-state index in [0.717, 1.165) is 29.3 Å². The van der Waals surface area contributed by atoms with Crippen molar-refractivity contribution in [1.82, 2.24) is 4.98 Å². The number of aromatic nitrogens is 1. The van der Waals surface area contributed by atoms with Gasteiger partial charge in [0.05, 0.1) is 5.52 Å². The lowest BCUT2D eigenvalue weighted by Crippen LogP contribution is -2.13. The van der Waals surface area contributed by atoms with Gasteiger partial charge in [-0.25, -0.2) is 4.98 Å². The molecule has 1 aromatic carbocycles. The van der Waals surface area contributed by atoms with E-state index in [4.69, 9.17) is 11.6 Å². The van der Waals surface area contributed by atoms with Crippen molar-refractivity contribution >= 4 is 28.3 Å².